The minimum Gasteiger partial charge on any atom is -0.393 e. The quantitative estimate of drug-likeness (QED) is 0.860. The van der Waals surface area contributed by atoms with Gasteiger partial charge in [0.2, 0.25) is 0 Å². The second-order valence-corrected chi connectivity index (χ2v) is 8.52. The van der Waals surface area contributed by atoms with E-state index in [1.165, 1.54) is 11.1 Å². The zero-order valence-electron chi connectivity index (χ0n) is 17.2. The lowest BCUT2D eigenvalue weighted by Gasteiger charge is -2.32. The number of hydrogen-bond acceptors (Lipinski definition) is 5. The van der Waals surface area contributed by atoms with E-state index in [0.717, 1.165) is 76.6 Å². The van der Waals surface area contributed by atoms with Gasteiger partial charge in [-0.1, -0.05) is 24.3 Å². The number of likely N-dealkylation sites (tertiary alicyclic amines) is 2. The monoisotopic (exact) mass is 383 g/mol. The SMILES string of the molecule is Cc1ccccc1CN1CCC(c2nnc(CN3CCC(O)CC3)n2C)CC1. The Morgan fingerprint density at radius 1 is 0.929 bits per heavy atom. The highest BCUT2D eigenvalue weighted by Crippen LogP contribution is 2.28. The second kappa shape index (κ2) is 8.72. The zero-order chi connectivity index (χ0) is 19.5. The van der Waals surface area contributed by atoms with Gasteiger partial charge < -0.3 is 9.67 Å². The molecule has 2 saturated heterocycles. The number of piperidine rings is 2. The van der Waals surface area contributed by atoms with Crippen molar-refractivity contribution in [2.24, 2.45) is 7.05 Å². The fourth-order valence-electron chi connectivity index (χ4n) is 4.52. The number of aromatic nitrogens is 3. The molecule has 1 aromatic heterocycles. The third kappa shape index (κ3) is 4.45. The van der Waals surface area contributed by atoms with Gasteiger partial charge in [0.1, 0.15) is 11.6 Å². The summed E-state index contributed by atoms with van der Waals surface area (Å²) < 4.78 is 2.21. The largest absolute Gasteiger partial charge is 0.393 e. The van der Waals surface area contributed by atoms with Crippen molar-refractivity contribution >= 4 is 0 Å². The molecule has 0 atom stereocenters. The number of aryl methyl sites for hydroxylation is 1. The van der Waals surface area contributed by atoms with Crippen LogP contribution in [0.2, 0.25) is 0 Å². The average Bonchev–Trinajstić information content (AvgIpc) is 3.06. The molecule has 2 aliphatic rings. The Labute approximate surface area is 168 Å². The minimum atomic E-state index is -0.129. The summed E-state index contributed by atoms with van der Waals surface area (Å²) in [4.78, 5) is 4.94. The molecule has 152 valence electrons. The Morgan fingerprint density at radius 2 is 1.57 bits per heavy atom. The third-order valence-electron chi connectivity index (χ3n) is 6.53. The first kappa shape index (κ1) is 19.6. The third-order valence-corrected chi connectivity index (χ3v) is 6.53. The van der Waals surface area contributed by atoms with Crippen molar-refractivity contribution in [3.05, 3.63) is 47.0 Å². The number of hydrogen-bond donors (Lipinski definition) is 1. The van der Waals surface area contributed by atoms with Gasteiger partial charge in [-0.25, -0.2) is 0 Å². The molecule has 1 N–H and O–H groups in total. The van der Waals surface area contributed by atoms with Gasteiger partial charge in [-0.05, 0) is 56.8 Å². The normalized spacial score (nSPS) is 20.7. The molecule has 0 bridgehead atoms. The molecule has 0 amide bonds. The van der Waals surface area contributed by atoms with Crippen molar-refractivity contribution in [3.63, 3.8) is 0 Å². The molecule has 6 nitrogen and oxygen atoms in total. The Kier molecular flexibility index (Phi) is 6.09. The van der Waals surface area contributed by atoms with Crippen LogP contribution in [0.3, 0.4) is 0 Å². The van der Waals surface area contributed by atoms with Crippen molar-refractivity contribution in [3.8, 4) is 0 Å². The molecule has 4 rings (SSSR count). The summed E-state index contributed by atoms with van der Waals surface area (Å²) in [5.74, 6) is 2.69. The van der Waals surface area contributed by atoms with E-state index in [1.807, 2.05) is 0 Å². The van der Waals surface area contributed by atoms with Crippen LogP contribution >= 0.6 is 0 Å². The van der Waals surface area contributed by atoms with Crippen LogP contribution in [-0.2, 0) is 20.1 Å². The van der Waals surface area contributed by atoms with Gasteiger partial charge in [-0.3, -0.25) is 9.80 Å². The van der Waals surface area contributed by atoms with E-state index < -0.39 is 0 Å². The summed E-state index contributed by atoms with van der Waals surface area (Å²) in [5.41, 5.74) is 2.82. The van der Waals surface area contributed by atoms with Gasteiger partial charge in [0.05, 0.1) is 12.6 Å². The predicted octanol–water partition coefficient (Wildman–Crippen LogP) is 2.46. The second-order valence-electron chi connectivity index (χ2n) is 8.52. The molecule has 1 aromatic carbocycles. The van der Waals surface area contributed by atoms with Crippen molar-refractivity contribution in [2.45, 2.75) is 57.7 Å². The average molecular weight is 384 g/mol. The lowest BCUT2D eigenvalue weighted by atomic mass is 9.95. The maximum atomic E-state index is 9.69. The highest BCUT2D eigenvalue weighted by molar-refractivity contribution is 5.25. The van der Waals surface area contributed by atoms with E-state index in [1.54, 1.807) is 0 Å². The highest BCUT2D eigenvalue weighted by atomic mass is 16.3. The molecule has 2 aliphatic heterocycles. The van der Waals surface area contributed by atoms with Crippen LogP contribution in [0, 0.1) is 6.92 Å². The van der Waals surface area contributed by atoms with Crippen molar-refractivity contribution in [2.75, 3.05) is 26.2 Å². The van der Waals surface area contributed by atoms with Crippen molar-refractivity contribution in [1.29, 1.82) is 0 Å². The van der Waals surface area contributed by atoms with Gasteiger partial charge in [-0.15, -0.1) is 10.2 Å². The lowest BCUT2D eigenvalue weighted by Crippen LogP contribution is -2.36. The van der Waals surface area contributed by atoms with E-state index in [0.29, 0.717) is 5.92 Å². The Morgan fingerprint density at radius 3 is 2.29 bits per heavy atom. The molecule has 0 saturated carbocycles. The topological polar surface area (TPSA) is 57.4 Å². The van der Waals surface area contributed by atoms with E-state index >= 15 is 0 Å². The molecule has 2 aromatic rings. The molecular weight excluding hydrogens is 350 g/mol. The van der Waals surface area contributed by atoms with Crippen molar-refractivity contribution in [1.82, 2.24) is 24.6 Å². The first-order chi connectivity index (χ1) is 13.6. The van der Waals surface area contributed by atoms with Crippen LogP contribution in [-0.4, -0.2) is 62.0 Å². The van der Waals surface area contributed by atoms with Crippen molar-refractivity contribution < 1.29 is 5.11 Å². The van der Waals surface area contributed by atoms with Crippen LogP contribution in [0.15, 0.2) is 24.3 Å². The van der Waals surface area contributed by atoms with E-state index in [9.17, 15) is 5.11 Å². The molecule has 28 heavy (non-hydrogen) atoms. The van der Waals surface area contributed by atoms with E-state index in [4.69, 9.17) is 0 Å². The maximum absolute atomic E-state index is 9.69. The Balaban J connectivity index is 1.32. The van der Waals surface area contributed by atoms with Gasteiger partial charge in [0.15, 0.2) is 0 Å². The van der Waals surface area contributed by atoms with Gasteiger partial charge in [0, 0.05) is 32.6 Å². The molecule has 6 heteroatoms. The number of nitrogens with zero attached hydrogens (tertiary/aromatic N) is 5. The smallest absolute Gasteiger partial charge is 0.146 e. The molecule has 2 fully saturated rings. The Bertz CT molecular complexity index is 773. The van der Waals surface area contributed by atoms with E-state index in [-0.39, 0.29) is 6.10 Å². The molecule has 3 heterocycles. The van der Waals surface area contributed by atoms with Crippen LogP contribution in [0.5, 0.6) is 0 Å². The number of aliphatic hydroxyl groups excluding tert-OH is 1. The first-order valence-corrected chi connectivity index (χ1v) is 10.7. The van der Waals surface area contributed by atoms with Crippen LogP contribution in [0.25, 0.3) is 0 Å². The Hall–Kier alpha value is -1.76. The summed E-state index contributed by atoms with van der Waals surface area (Å²) in [5, 5.41) is 18.7. The lowest BCUT2D eigenvalue weighted by molar-refractivity contribution is 0.0775. The van der Waals surface area contributed by atoms with Crippen LogP contribution < -0.4 is 0 Å². The summed E-state index contributed by atoms with van der Waals surface area (Å²) in [6.07, 6.45) is 3.89. The van der Waals surface area contributed by atoms with Crippen LogP contribution in [0.4, 0.5) is 0 Å². The summed E-state index contributed by atoms with van der Waals surface area (Å²) in [6.45, 7) is 8.20. The number of aliphatic hydroxyl groups is 1. The summed E-state index contributed by atoms with van der Waals surface area (Å²) >= 11 is 0. The molecule has 0 unspecified atom stereocenters. The standard InChI is InChI=1S/C22H33N5O/c1-17-5-3-4-6-19(17)15-26-11-7-18(8-12-26)22-24-23-21(25(22)2)16-27-13-9-20(28)10-14-27/h3-6,18,20,28H,7-16H2,1-2H3. The predicted molar refractivity (Wildman–Crippen MR) is 110 cm³/mol. The first-order valence-electron chi connectivity index (χ1n) is 10.7. The van der Waals surface area contributed by atoms with Crippen LogP contribution in [0.1, 0.15) is 54.4 Å². The molecule has 0 radical (unpaired) electrons. The molecule has 0 aliphatic carbocycles. The fourth-order valence-corrected chi connectivity index (χ4v) is 4.52. The molecule has 0 spiro atoms. The molecular formula is C22H33N5O. The van der Waals surface area contributed by atoms with Gasteiger partial charge in [-0.2, -0.15) is 0 Å². The maximum Gasteiger partial charge on any atom is 0.146 e. The van der Waals surface area contributed by atoms with Gasteiger partial charge in [0.25, 0.3) is 0 Å². The number of benzene rings is 1. The van der Waals surface area contributed by atoms with E-state index in [2.05, 4.69) is 62.8 Å². The summed E-state index contributed by atoms with van der Waals surface area (Å²) in [7, 11) is 2.11. The fraction of sp³-hybridized carbons (Fsp3) is 0.636. The minimum absolute atomic E-state index is 0.129. The highest BCUT2D eigenvalue weighted by Gasteiger charge is 2.26. The number of rotatable bonds is 5. The zero-order valence-corrected chi connectivity index (χ0v) is 17.2. The van der Waals surface area contributed by atoms with Gasteiger partial charge >= 0.3 is 0 Å². The summed E-state index contributed by atoms with van der Waals surface area (Å²) in [6, 6.07) is 8.70.